The predicted octanol–water partition coefficient (Wildman–Crippen LogP) is 0.967. The molecule has 1 amide bonds. The summed E-state index contributed by atoms with van der Waals surface area (Å²) in [7, 11) is 3.35. The summed E-state index contributed by atoms with van der Waals surface area (Å²) in [4.78, 5) is 13.4. The number of carbonyl (C=O) groups excluding carboxylic acids is 1. The highest BCUT2D eigenvalue weighted by molar-refractivity contribution is 5.92. The van der Waals surface area contributed by atoms with Gasteiger partial charge in [-0.1, -0.05) is 6.92 Å². The molecule has 0 saturated carbocycles. The van der Waals surface area contributed by atoms with Crippen molar-refractivity contribution in [1.29, 1.82) is 5.26 Å². The minimum absolute atomic E-state index is 0.177. The van der Waals surface area contributed by atoms with Crippen molar-refractivity contribution in [3.05, 3.63) is 17.5 Å². The van der Waals surface area contributed by atoms with Crippen molar-refractivity contribution in [2.75, 3.05) is 7.05 Å². The Labute approximate surface area is 95.3 Å². The van der Waals surface area contributed by atoms with Crippen LogP contribution in [0.15, 0.2) is 6.07 Å². The van der Waals surface area contributed by atoms with Crippen LogP contribution in [0.3, 0.4) is 0 Å². The van der Waals surface area contributed by atoms with Gasteiger partial charge in [-0.25, -0.2) is 0 Å². The van der Waals surface area contributed by atoms with E-state index in [1.54, 1.807) is 31.8 Å². The Balaban J connectivity index is 2.96. The average molecular weight is 220 g/mol. The lowest BCUT2D eigenvalue weighted by Crippen LogP contribution is -2.35. The first-order valence-corrected chi connectivity index (χ1v) is 5.21. The Morgan fingerprint density at radius 1 is 1.75 bits per heavy atom. The van der Waals surface area contributed by atoms with Crippen LogP contribution in [-0.4, -0.2) is 33.7 Å². The number of hydrogen-bond acceptors (Lipinski definition) is 3. The average Bonchev–Trinajstić information content (AvgIpc) is 2.67. The zero-order valence-electron chi connectivity index (χ0n) is 10.1. The van der Waals surface area contributed by atoms with E-state index in [1.807, 2.05) is 13.0 Å². The van der Waals surface area contributed by atoms with Crippen molar-refractivity contribution in [1.82, 2.24) is 14.7 Å². The van der Waals surface area contributed by atoms with Crippen molar-refractivity contribution in [3.63, 3.8) is 0 Å². The Bertz CT molecular complexity index is 430. The van der Waals surface area contributed by atoms with E-state index in [-0.39, 0.29) is 5.91 Å². The number of hydrogen-bond donors (Lipinski definition) is 0. The highest BCUT2D eigenvalue weighted by Gasteiger charge is 2.20. The van der Waals surface area contributed by atoms with Crippen LogP contribution in [0.1, 0.15) is 30.0 Å². The molecule has 1 atom stereocenters. The second kappa shape index (κ2) is 4.79. The molecule has 0 aliphatic heterocycles. The molecule has 1 heterocycles. The summed E-state index contributed by atoms with van der Waals surface area (Å²) in [5.74, 6) is -0.177. The number of nitriles is 1. The van der Waals surface area contributed by atoms with E-state index >= 15 is 0 Å². The van der Waals surface area contributed by atoms with Gasteiger partial charge in [0, 0.05) is 14.1 Å². The summed E-state index contributed by atoms with van der Waals surface area (Å²) in [6, 6.07) is 3.36. The third-order valence-corrected chi connectivity index (χ3v) is 2.60. The molecule has 0 aromatic carbocycles. The quantitative estimate of drug-likeness (QED) is 0.762. The summed E-state index contributed by atoms with van der Waals surface area (Å²) in [5, 5.41) is 13.0. The van der Waals surface area contributed by atoms with Crippen LogP contribution in [0.25, 0.3) is 0 Å². The van der Waals surface area contributed by atoms with E-state index in [1.165, 1.54) is 4.90 Å². The molecule has 0 saturated heterocycles. The number of nitrogens with zero attached hydrogens (tertiary/aromatic N) is 4. The van der Waals surface area contributed by atoms with E-state index in [0.29, 0.717) is 5.69 Å². The van der Waals surface area contributed by atoms with Crippen molar-refractivity contribution in [2.24, 2.45) is 7.05 Å². The van der Waals surface area contributed by atoms with Gasteiger partial charge in [0.05, 0.1) is 11.8 Å². The maximum Gasteiger partial charge on any atom is 0.272 e. The zero-order chi connectivity index (χ0) is 12.3. The number of amides is 1. The predicted molar refractivity (Wildman–Crippen MR) is 59.8 cm³/mol. The molecular weight excluding hydrogens is 204 g/mol. The molecular formula is C11H16N4O. The SMILES string of the molecule is CCc1cc(C(=O)N(C)C(C)C#N)n(C)n1. The van der Waals surface area contributed by atoms with Crippen molar-refractivity contribution >= 4 is 5.91 Å². The van der Waals surface area contributed by atoms with Gasteiger partial charge in [-0.15, -0.1) is 0 Å². The van der Waals surface area contributed by atoms with Gasteiger partial charge < -0.3 is 4.90 Å². The van der Waals surface area contributed by atoms with Gasteiger partial charge in [0.1, 0.15) is 11.7 Å². The number of carbonyl (C=O) groups is 1. The first kappa shape index (κ1) is 12.2. The molecule has 0 aliphatic rings. The third-order valence-electron chi connectivity index (χ3n) is 2.60. The molecule has 5 heteroatoms. The minimum atomic E-state index is -0.438. The lowest BCUT2D eigenvalue weighted by atomic mass is 10.2. The fraction of sp³-hybridized carbons (Fsp3) is 0.545. The molecule has 0 spiro atoms. The van der Waals surface area contributed by atoms with Crippen LogP contribution in [-0.2, 0) is 13.5 Å². The number of rotatable bonds is 3. The molecule has 1 aromatic heterocycles. The van der Waals surface area contributed by atoms with Gasteiger partial charge in [0.25, 0.3) is 5.91 Å². The van der Waals surface area contributed by atoms with Crippen LogP contribution in [0.5, 0.6) is 0 Å². The summed E-state index contributed by atoms with van der Waals surface area (Å²) < 4.78 is 1.56. The number of aryl methyl sites for hydroxylation is 2. The van der Waals surface area contributed by atoms with Gasteiger partial charge in [-0.3, -0.25) is 9.48 Å². The first-order valence-electron chi connectivity index (χ1n) is 5.21. The maximum atomic E-state index is 12.0. The van der Waals surface area contributed by atoms with Crippen LogP contribution in [0.4, 0.5) is 0 Å². The zero-order valence-corrected chi connectivity index (χ0v) is 10.1. The van der Waals surface area contributed by atoms with E-state index in [9.17, 15) is 4.79 Å². The van der Waals surface area contributed by atoms with E-state index in [4.69, 9.17) is 5.26 Å². The van der Waals surface area contributed by atoms with Crippen LogP contribution < -0.4 is 0 Å². The summed E-state index contributed by atoms with van der Waals surface area (Å²) in [6.07, 6.45) is 0.790. The fourth-order valence-electron chi connectivity index (χ4n) is 1.34. The van der Waals surface area contributed by atoms with Crippen LogP contribution in [0, 0.1) is 11.3 Å². The van der Waals surface area contributed by atoms with Gasteiger partial charge in [-0.05, 0) is 19.4 Å². The smallest absolute Gasteiger partial charge is 0.272 e. The lowest BCUT2D eigenvalue weighted by Gasteiger charge is -2.18. The molecule has 86 valence electrons. The maximum absolute atomic E-state index is 12.0. The Morgan fingerprint density at radius 3 is 2.81 bits per heavy atom. The topological polar surface area (TPSA) is 61.9 Å². The fourth-order valence-corrected chi connectivity index (χ4v) is 1.34. The third kappa shape index (κ3) is 2.22. The summed E-state index contributed by atoms with van der Waals surface area (Å²) in [5.41, 5.74) is 1.39. The molecule has 0 N–H and O–H groups in total. The first-order chi connectivity index (χ1) is 7.51. The van der Waals surface area contributed by atoms with Gasteiger partial charge >= 0.3 is 0 Å². The molecule has 0 aliphatic carbocycles. The van der Waals surface area contributed by atoms with E-state index < -0.39 is 6.04 Å². The van der Waals surface area contributed by atoms with Crippen molar-refractivity contribution in [3.8, 4) is 6.07 Å². The van der Waals surface area contributed by atoms with E-state index in [2.05, 4.69) is 5.10 Å². The molecule has 0 fully saturated rings. The highest BCUT2D eigenvalue weighted by atomic mass is 16.2. The standard InChI is InChI=1S/C11H16N4O/c1-5-9-6-10(15(4)13-9)11(16)14(3)8(2)7-12/h6,8H,5H2,1-4H3. The van der Waals surface area contributed by atoms with Gasteiger partial charge in [0.15, 0.2) is 0 Å². The van der Waals surface area contributed by atoms with Gasteiger partial charge in [0.2, 0.25) is 0 Å². The Morgan fingerprint density at radius 2 is 2.38 bits per heavy atom. The van der Waals surface area contributed by atoms with E-state index in [0.717, 1.165) is 12.1 Å². The minimum Gasteiger partial charge on any atom is -0.325 e. The summed E-state index contributed by atoms with van der Waals surface area (Å²) >= 11 is 0. The molecule has 1 rings (SSSR count). The monoisotopic (exact) mass is 220 g/mol. The number of aromatic nitrogens is 2. The lowest BCUT2D eigenvalue weighted by molar-refractivity contribution is 0.0762. The Hall–Kier alpha value is -1.83. The molecule has 0 radical (unpaired) electrons. The second-order valence-electron chi connectivity index (χ2n) is 3.72. The normalized spacial score (nSPS) is 11.9. The van der Waals surface area contributed by atoms with Crippen LogP contribution in [0.2, 0.25) is 0 Å². The molecule has 16 heavy (non-hydrogen) atoms. The van der Waals surface area contributed by atoms with Gasteiger partial charge in [-0.2, -0.15) is 10.4 Å². The largest absolute Gasteiger partial charge is 0.325 e. The molecule has 1 unspecified atom stereocenters. The second-order valence-corrected chi connectivity index (χ2v) is 3.72. The summed E-state index contributed by atoms with van der Waals surface area (Å²) in [6.45, 7) is 3.67. The molecule has 0 bridgehead atoms. The van der Waals surface area contributed by atoms with Crippen molar-refractivity contribution < 1.29 is 4.79 Å². The van der Waals surface area contributed by atoms with Crippen molar-refractivity contribution in [2.45, 2.75) is 26.3 Å². The molecule has 1 aromatic rings. The molecule has 5 nitrogen and oxygen atoms in total. The Kier molecular flexibility index (Phi) is 3.67. The van der Waals surface area contributed by atoms with Crippen LogP contribution >= 0.6 is 0 Å². The highest BCUT2D eigenvalue weighted by Crippen LogP contribution is 2.08.